The maximum absolute atomic E-state index is 13.2. The van der Waals surface area contributed by atoms with E-state index in [0.29, 0.717) is 0 Å². The molecule has 0 spiro atoms. The summed E-state index contributed by atoms with van der Waals surface area (Å²) in [7, 11) is 0. The molecule has 0 saturated carbocycles. The molecular formula is C74H124N4O55. The van der Waals surface area contributed by atoms with Crippen LogP contribution in [0.2, 0.25) is 0 Å². The molecule has 0 aromatic heterocycles. The van der Waals surface area contributed by atoms with Gasteiger partial charge in [0.15, 0.2) is 69.2 Å². The van der Waals surface area contributed by atoms with Gasteiger partial charge >= 0.3 is 0 Å². The minimum Gasteiger partial charge on any atom is -0.394 e. The van der Waals surface area contributed by atoms with E-state index in [1.807, 2.05) is 0 Å². The lowest BCUT2D eigenvalue weighted by atomic mass is 9.93. The molecule has 133 heavy (non-hydrogen) atoms. The number of hydrogen-bond donors (Lipinski definition) is 34. The minimum absolute atomic E-state index is 0.905. The summed E-state index contributed by atoms with van der Waals surface area (Å²) in [6.07, 6.45) is -105. The molecule has 55 atom stereocenters. The van der Waals surface area contributed by atoms with Crippen molar-refractivity contribution in [3.05, 3.63) is 0 Å². The summed E-state index contributed by atoms with van der Waals surface area (Å²) in [5, 5.41) is 343. The molecule has 0 aromatic carbocycles. The molecule has 59 heteroatoms. The lowest BCUT2D eigenvalue weighted by molar-refractivity contribution is -0.393. The van der Waals surface area contributed by atoms with Gasteiger partial charge in [-0.05, 0) is 6.92 Å². The van der Waals surface area contributed by atoms with Gasteiger partial charge in [0.2, 0.25) is 23.6 Å². The molecule has 0 radical (unpaired) electrons. The third kappa shape index (κ3) is 23.9. The molecule has 1 unspecified atom stereocenters. The van der Waals surface area contributed by atoms with Crippen LogP contribution in [0.15, 0.2) is 0 Å². The van der Waals surface area contributed by atoms with E-state index in [9.17, 15) is 172 Å². The number of ether oxygens (including phenoxy) is 21. The number of hydrogen-bond acceptors (Lipinski definition) is 55. The Labute approximate surface area is 752 Å². The highest BCUT2D eigenvalue weighted by Gasteiger charge is 2.63. The fraction of sp³-hybridized carbons (Fsp3) is 0.946. The Balaban J connectivity index is 0.803. The van der Waals surface area contributed by atoms with Crippen LogP contribution in [0.3, 0.4) is 0 Å². The smallest absolute Gasteiger partial charge is 0.217 e. The van der Waals surface area contributed by atoms with Crippen LogP contribution in [0.4, 0.5) is 0 Å². The van der Waals surface area contributed by atoms with Crippen LogP contribution in [-0.2, 0) is 119 Å². The summed E-state index contributed by atoms with van der Waals surface area (Å²) < 4.78 is 124. The quantitative estimate of drug-likeness (QED) is 0.0284. The van der Waals surface area contributed by atoms with Gasteiger partial charge in [-0.2, -0.15) is 0 Å². The first-order valence-corrected chi connectivity index (χ1v) is 42.5. The van der Waals surface area contributed by atoms with E-state index in [1.165, 1.54) is 6.92 Å². The van der Waals surface area contributed by atoms with Crippen molar-refractivity contribution in [1.82, 2.24) is 21.3 Å². The van der Waals surface area contributed by atoms with Crippen LogP contribution in [0.5, 0.6) is 0 Å². The molecule has 34 N–H and O–H groups in total. The Morgan fingerprint density at radius 1 is 0.211 bits per heavy atom. The second-order valence-corrected chi connectivity index (χ2v) is 33.8. The molecule has 11 aliphatic heterocycles. The molecule has 11 fully saturated rings. The van der Waals surface area contributed by atoms with Crippen molar-refractivity contribution in [3.8, 4) is 0 Å². The first kappa shape index (κ1) is 109. The second kappa shape index (κ2) is 47.6. The van der Waals surface area contributed by atoms with Crippen molar-refractivity contribution >= 4 is 23.6 Å². The third-order valence-electron chi connectivity index (χ3n) is 24.5. The zero-order valence-electron chi connectivity index (χ0n) is 71.4. The molecule has 4 amide bonds. The lowest BCUT2D eigenvalue weighted by Gasteiger charge is -2.51. The van der Waals surface area contributed by atoms with Crippen LogP contribution < -0.4 is 21.3 Å². The molecule has 11 aliphatic rings. The van der Waals surface area contributed by atoms with Crippen molar-refractivity contribution in [1.29, 1.82) is 0 Å². The number of amides is 4. The van der Waals surface area contributed by atoms with Crippen molar-refractivity contribution in [2.24, 2.45) is 0 Å². The van der Waals surface area contributed by atoms with E-state index in [2.05, 4.69) is 21.3 Å². The Kier molecular flexibility index (Phi) is 39.1. The molecule has 0 aliphatic carbocycles. The Morgan fingerprint density at radius 3 is 0.857 bits per heavy atom. The molecule has 770 valence electrons. The molecule has 0 aromatic rings. The van der Waals surface area contributed by atoms with E-state index >= 15 is 0 Å². The maximum atomic E-state index is 13.2. The van der Waals surface area contributed by atoms with E-state index in [1.54, 1.807) is 0 Å². The first-order valence-electron chi connectivity index (χ1n) is 42.5. The molecule has 11 rings (SSSR count). The highest BCUT2D eigenvalue weighted by atomic mass is 16.8. The normalized spacial score (nSPS) is 50.1. The second-order valence-electron chi connectivity index (χ2n) is 33.8. The predicted octanol–water partition coefficient (Wildman–Crippen LogP) is -23.4. The fourth-order valence-electron chi connectivity index (χ4n) is 17.4. The van der Waals surface area contributed by atoms with Gasteiger partial charge in [-0.3, -0.25) is 19.2 Å². The summed E-state index contributed by atoms with van der Waals surface area (Å²) in [6, 6.07) is -7.77. The maximum Gasteiger partial charge on any atom is 0.217 e. The Hall–Kier alpha value is -4.16. The fourth-order valence-corrected chi connectivity index (χ4v) is 17.4. The standard InChI is InChI=1S/C74H124N4O55/c1-16-35(92)45(102)50(107)69(114-16)133-63-47(104)37(94)22(7-80)120-74(63)128-57-29(14-87)123-67(33(44(57)101)77-19(4)90)131-62-41(98)30(124-73(54(62)111)127-58-26(11-84)115-64(112)49(106)48(58)105)15-113-65-31(75-17(2)88)42(99)55(27(12-85)121-65)125-71-52(109)60(39(96)24(9-82)118-71)130-66-32(76-18(3)89)43(100)56(28(13-86)122-66)126-72-53(110)61(40(97)25(10-83)119-72)132-68-34(78-20(5)91)59(38(95)23(8-81)116-68)129-70-51(108)46(103)36(93)21(6-79)117-70/h16,21-74,79-87,92-112H,6-15H2,1-5H3,(H,75,88)(H,76,89)(H,77,90)(H,78,91)/t16-,21+,22+,23+,24+,25+,26+,27+,28+,29+,30+,31+,32+,33+,34+,35+,36-,37-,38+,39-,40-,41-,42+,43+,44+,45+,46-,47-,48+,49+,50-,51+,52+,53+,54+,55+,56+,57+,58+,59+,60-,61-,62+,63+,64?,65+,66-,67-,68-,69-,70-,71-,72-,73-,74-/m0/s1. The highest BCUT2D eigenvalue weighted by molar-refractivity contribution is 5.74. The van der Waals surface area contributed by atoms with E-state index < -0.39 is 427 Å². The summed E-state index contributed by atoms with van der Waals surface area (Å²) in [5.74, 6) is -3.85. The summed E-state index contributed by atoms with van der Waals surface area (Å²) in [6.45, 7) is -6.17. The lowest BCUT2D eigenvalue weighted by Crippen LogP contribution is -2.71. The van der Waals surface area contributed by atoms with Crippen LogP contribution in [0, 0.1) is 0 Å². The van der Waals surface area contributed by atoms with Gasteiger partial charge in [0.25, 0.3) is 0 Å². The molecule has 11 heterocycles. The number of carbonyl (C=O) groups is 4. The molecule has 11 saturated heterocycles. The van der Waals surface area contributed by atoms with Crippen LogP contribution in [0.25, 0.3) is 0 Å². The highest BCUT2D eigenvalue weighted by Crippen LogP contribution is 2.42. The van der Waals surface area contributed by atoms with Crippen LogP contribution in [0.1, 0.15) is 34.6 Å². The number of rotatable bonds is 34. The molecule has 0 bridgehead atoms. The van der Waals surface area contributed by atoms with E-state index in [-0.39, 0.29) is 0 Å². The third-order valence-corrected chi connectivity index (χ3v) is 24.5. The van der Waals surface area contributed by atoms with Crippen molar-refractivity contribution < 1.29 is 272 Å². The zero-order chi connectivity index (χ0) is 97.8. The summed E-state index contributed by atoms with van der Waals surface area (Å²) >= 11 is 0. The Morgan fingerprint density at radius 2 is 0.459 bits per heavy atom. The number of aliphatic hydroxyl groups is 30. The van der Waals surface area contributed by atoms with Crippen molar-refractivity contribution in [2.45, 2.75) is 372 Å². The van der Waals surface area contributed by atoms with Crippen LogP contribution in [-0.4, -0.2) is 580 Å². The Bertz CT molecular complexity index is 3630. The van der Waals surface area contributed by atoms with Gasteiger partial charge < -0.3 is 274 Å². The van der Waals surface area contributed by atoms with Crippen LogP contribution >= 0.6 is 0 Å². The largest absolute Gasteiger partial charge is 0.394 e. The molecule has 59 nitrogen and oxygen atoms in total. The van der Waals surface area contributed by atoms with Gasteiger partial charge in [-0.15, -0.1) is 0 Å². The van der Waals surface area contributed by atoms with E-state index in [4.69, 9.17) is 99.5 Å². The van der Waals surface area contributed by atoms with E-state index in [0.717, 1.165) is 27.7 Å². The summed E-state index contributed by atoms with van der Waals surface area (Å²) in [5.41, 5.74) is 0. The van der Waals surface area contributed by atoms with Gasteiger partial charge in [0, 0.05) is 27.7 Å². The summed E-state index contributed by atoms with van der Waals surface area (Å²) in [4.78, 5) is 52.2. The number of aliphatic hydroxyl groups excluding tert-OH is 30. The van der Waals surface area contributed by atoms with Gasteiger partial charge in [-0.25, -0.2) is 0 Å². The number of nitrogens with one attached hydrogen (secondary N) is 4. The first-order chi connectivity index (χ1) is 62.9. The zero-order valence-corrected chi connectivity index (χ0v) is 71.4. The topological polar surface area (TPSA) is 917 Å². The SMILES string of the molecule is CC(=O)N[C@H]1[C@H](OC[C@H]2O[C@@H](O[C@H]3[C@H](O)[C@@H](O)C(O)O[C@@H]3CO)[C@H](O)[C@H](O[C@@H]3O[C@H](CO)[C@@H](O[C@@H]4O[C@H](CO)[C@H](O)[C@H](O)[C@H]4O[C@@H]4O[C@@H](C)[C@@H](O)[C@@H](O)[C@@H]4O)[C@H](O)[C@H]3NC(C)=O)[C@H]2O)O[C@H](CO)[C@@H](O[C@@H]2O[C@H](CO)[C@H](O)[C@H](O[C@@H]3O[C@H](CO)[C@@H](O[C@@H]4O[C@H](CO)[C@H](O)[C@H](O[C@@H]5O[C@H](CO)[C@@H](O)[C@H](O[C@@H]6O[C@H](CO)[C@H](O)[C@H](O)[C@H]6O)[C@H]5NC(C)=O)[C@H]4O)[C@H](O)[C@H]3NC(C)=O)[C@H]2O)[C@@H]1O. The van der Waals surface area contributed by atoms with Gasteiger partial charge in [0.05, 0.1) is 72.2 Å². The predicted molar refractivity (Wildman–Crippen MR) is 407 cm³/mol. The average Bonchev–Trinajstić information content (AvgIpc) is 0.765. The van der Waals surface area contributed by atoms with Gasteiger partial charge in [-0.1, -0.05) is 0 Å². The average molecular weight is 1950 g/mol. The van der Waals surface area contributed by atoms with Crippen molar-refractivity contribution in [2.75, 3.05) is 66.1 Å². The van der Waals surface area contributed by atoms with Gasteiger partial charge in [0.1, 0.15) is 262 Å². The van der Waals surface area contributed by atoms with Crippen molar-refractivity contribution in [3.63, 3.8) is 0 Å². The number of carbonyl (C=O) groups excluding carboxylic acids is 4. The monoisotopic (exact) mass is 1950 g/mol. The minimum atomic E-state index is -2.44. The molecular weight excluding hydrogens is 1820 g/mol.